The molecule has 9 atom stereocenters. The predicted molar refractivity (Wildman–Crippen MR) is 295 cm³/mol. The van der Waals surface area contributed by atoms with Gasteiger partial charge < -0.3 is 48.8 Å². The number of alkyl carbamates (subject to hydrolysis) is 1. The number of Topliss-reactive ketones (excluding diaryl/α,β-unsaturated/α-hetero) is 1. The number of aliphatic hydroxyl groups is 2. The molecule has 2 fully saturated rings. The van der Waals surface area contributed by atoms with E-state index in [1.807, 2.05) is 75.4 Å². The molecule has 1 aromatic heterocycles. The molecule has 3 aliphatic rings. The lowest BCUT2D eigenvalue weighted by Gasteiger charge is -2.42. The van der Waals surface area contributed by atoms with Crippen LogP contribution >= 0.6 is 11.6 Å². The van der Waals surface area contributed by atoms with Crippen LogP contribution in [0.1, 0.15) is 110 Å². The van der Waals surface area contributed by atoms with Crippen molar-refractivity contribution in [3.8, 4) is 0 Å². The normalized spacial score (nSPS) is 25.5. The van der Waals surface area contributed by atoms with Crippen LogP contribution < -0.4 is 21.0 Å². The second kappa shape index (κ2) is 27.3. The fourth-order valence-electron chi connectivity index (χ4n) is 10.2. The molecular formula is C57H82ClN7O12. The average Bonchev–Trinajstić information content (AvgIpc) is 3.97. The monoisotopic (exact) mass is 1090 g/mol. The van der Waals surface area contributed by atoms with Crippen LogP contribution in [0.2, 0.25) is 5.02 Å². The van der Waals surface area contributed by atoms with Gasteiger partial charge in [-0.25, -0.2) is 14.6 Å². The van der Waals surface area contributed by atoms with E-state index >= 15 is 0 Å². The maximum atomic E-state index is 14.3. The number of epoxide rings is 1. The Morgan fingerprint density at radius 1 is 1.04 bits per heavy atom. The van der Waals surface area contributed by atoms with E-state index < -0.39 is 78.3 Å². The van der Waals surface area contributed by atoms with Crippen molar-refractivity contribution >= 4 is 63.8 Å². The lowest BCUT2D eigenvalue weighted by molar-refractivity contribution is -0.162. The molecule has 3 aliphatic heterocycles. The number of nitrogens with one attached hydrogen (secondary N) is 3. The van der Waals surface area contributed by atoms with Crippen molar-refractivity contribution < 1.29 is 57.9 Å². The number of likely N-dealkylation sites (N-methyl/N-ethyl adjacent to an activating group) is 1. The molecule has 4 bridgehead atoms. The summed E-state index contributed by atoms with van der Waals surface area (Å²) in [7, 11) is 8.30. The molecule has 0 radical (unpaired) electrons. The Hall–Kier alpha value is -5.67. The van der Waals surface area contributed by atoms with Gasteiger partial charge in [0.1, 0.15) is 36.0 Å². The quantitative estimate of drug-likeness (QED) is 0.0354. The van der Waals surface area contributed by atoms with Crippen molar-refractivity contribution in [1.82, 2.24) is 30.5 Å². The molecule has 424 valence electrons. The lowest BCUT2D eigenvalue weighted by atomic mass is 9.83. The Balaban J connectivity index is 0.0000109. The minimum Gasteiger partial charge on any atom is -0.457 e. The Morgan fingerprint density at radius 2 is 1.74 bits per heavy atom. The van der Waals surface area contributed by atoms with Gasteiger partial charge >= 0.3 is 12.1 Å². The number of para-hydroxylation sites is 1. The number of hydrogen-bond donors (Lipinski definition) is 5. The first-order valence-corrected chi connectivity index (χ1v) is 26.6. The molecule has 77 heavy (non-hydrogen) atoms. The summed E-state index contributed by atoms with van der Waals surface area (Å²) in [5.41, 5.74) is 5.07. The number of fused-ring (bicyclic) bond motifs is 6. The number of halogens is 1. The van der Waals surface area contributed by atoms with E-state index in [4.69, 9.17) is 30.5 Å². The van der Waals surface area contributed by atoms with Gasteiger partial charge in [-0.05, 0) is 88.7 Å². The molecule has 5 N–H and O–H groups in total. The van der Waals surface area contributed by atoms with E-state index in [0.717, 1.165) is 33.3 Å². The molecular weight excluding hydrogens is 1010 g/mol. The molecule has 4 amide bonds. The van der Waals surface area contributed by atoms with Crippen molar-refractivity contribution in [2.24, 2.45) is 5.92 Å². The van der Waals surface area contributed by atoms with Crippen molar-refractivity contribution in [2.75, 3.05) is 46.8 Å². The van der Waals surface area contributed by atoms with E-state index in [2.05, 4.69) is 26.7 Å². The number of anilines is 1. The summed E-state index contributed by atoms with van der Waals surface area (Å²) in [6, 6.07) is 11.7. The zero-order valence-corrected chi connectivity index (χ0v) is 46.4. The first-order valence-electron chi connectivity index (χ1n) is 26.2. The number of carbonyl (C=O) groups excluding carboxylic acids is 6. The van der Waals surface area contributed by atoms with Gasteiger partial charge in [-0.2, -0.15) is 0 Å². The second-order valence-electron chi connectivity index (χ2n) is 20.9. The van der Waals surface area contributed by atoms with Gasteiger partial charge in [0.05, 0.1) is 36.4 Å². The smallest absolute Gasteiger partial charge is 0.409 e. The molecule has 1 unspecified atom stereocenters. The third kappa shape index (κ3) is 15.3. The number of methoxy groups -OCH3 is 1. The summed E-state index contributed by atoms with van der Waals surface area (Å²) in [6.07, 6.45) is 3.40. The van der Waals surface area contributed by atoms with Crippen LogP contribution in [0, 0.1) is 12.8 Å². The largest absolute Gasteiger partial charge is 0.457 e. The maximum Gasteiger partial charge on any atom is 0.409 e. The number of ether oxygens (including phenoxy) is 4. The predicted octanol–water partition coefficient (Wildman–Crippen LogP) is 6.45. The number of benzene rings is 2. The topological polar surface area (TPSA) is 234 Å². The number of aliphatic hydroxyl groups excluding tert-OH is 1. The van der Waals surface area contributed by atoms with Gasteiger partial charge in [-0.1, -0.05) is 86.9 Å². The number of unbranched alkanes of at least 4 members (excludes halogenated alkanes) is 3. The Morgan fingerprint density at radius 3 is 2.43 bits per heavy atom. The molecule has 2 saturated heterocycles. The molecule has 19 nitrogen and oxygen atoms in total. The third-order valence-electron chi connectivity index (χ3n) is 15.2. The summed E-state index contributed by atoms with van der Waals surface area (Å²) in [4.78, 5) is 83.8. The van der Waals surface area contributed by atoms with Crippen LogP contribution in [-0.2, 0) is 62.4 Å². The Labute approximate surface area is 458 Å². The number of allylic oxidation sites excluding steroid dienone is 3. The van der Waals surface area contributed by atoms with E-state index in [-0.39, 0.29) is 57.1 Å². The minimum atomic E-state index is -1.85. The van der Waals surface area contributed by atoms with Crippen molar-refractivity contribution in [3.63, 3.8) is 0 Å². The van der Waals surface area contributed by atoms with Crippen molar-refractivity contribution in [2.45, 2.75) is 167 Å². The summed E-state index contributed by atoms with van der Waals surface area (Å²) < 4.78 is 26.0. The van der Waals surface area contributed by atoms with Gasteiger partial charge in [0.2, 0.25) is 17.7 Å². The number of hydrazine groups is 1. The summed E-state index contributed by atoms with van der Waals surface area (Å²) in [5.74, 6) is -2.68. The SMILES string of the molecule is C.CNN(C)Cc1cc2ccccc2n1CCC(=O)N[C@@H](CO)C(=O)CCCCCCC(=O)N(C)[C@@H](C)C(=O)O[C@H]1CC(=O)N(C)c2cc(cc(C)c2Cl)C/C(C)=C/C=C/[C@@H](OC)[C@]2(O)C[C@H](OC(=O)N2)[C@@H](C)C2O[C@]21C. The Bertz CT molecular complexity index is 2660. The number of hydrogen-bond acceptors (Lipinski definition) is 14. The highest BCUT2D eigenvalue weighted by Gasteiger charge is 2.64. The number of ketones is 1. The van der Waals surface area contributed by atoms with Crippen molar-refractivity contribution in [1.29, 1.82) is 0 Å². The molecule has 2 aromatic carbocycles. The minimum absolute atomic E-state index is 0. The molecule has 0 saturated carbocycles. The van der Waals surface area contributed by atoms with E-state index in [1.165, 1.54) is 24.0 Å². The van der Waals surface area contributed by atoms with Crippen LogP contribution in [0.5, 0.6) is 0 Å². The van der Waals surface area contributed by atoms with E-state index in [9.17, 15) is 39.0 Å². The number of amides is 4. The molecule has 6 rings (SSSR count). The third-order valence-corrected chi connectivity index (χ3v) is 15.7. The van der Waals surface area contributed by atoms with Crippen LogP contribution in [0.25, 0.3) is 10.9 Å². The molecule has 4 heterocycles. The standard InChI is InChI=1S/C56H78ClN7O12.CH4/c1-34-18-17-22-46(73-10)56(72)31-45(74-54(71)60-56)36(3)52-55(5,76-52)47(30-50(69)63(9)43-28-38(26-34)27-35(2)51(43)57)75-53(70)37(4)62(8)49(68)23-14-12-11-13-21-44(66)41(33-65)59-48(67)24-25-64-40(32-61(7)58-6)29-39-19-15-16-20-42(39)64;/h15-20,22,27-29,36-37,41,45-47,52,58,65,72H,11-14,21,23-26,30-33H2,1-10H3,(H,59,67)(H,60,71);1H4/b22-17+,34-18+;/t36-,37+,41+,45+,46-,47+,52?,55+,56-;/m1./s1. The van der Waals surface area contributed by atoms with Gasteiger partial charge in [-0.3, -0.25) is 29.9 Å². The zero-order valence-electron chi connectivity index (χ0n) is 45.7. The summed E-state index contributed by atoms with van der Waals surface area (Å²) in [5, 5.41) is 30.5. The maximum absolute atomic E-state index is 14.3. The van der Waals surface area contributed by atoms with E-state index in [0.29, 0.717) is 55.9 Å². The zero-order chi connectivity index (χ0) is 55.6. The number of carbonyl (C=O) groups is 6. The fraction of sp³-hybridized carbons (Fsp3) is 0.579. The second-order valence-corrected chi connectivity index (χ2v) is 21.3. The number of aryl methyl sites for hydroxylation is 2. The highest BCUT2D eigenvalue weighted by molar-refractivity contribution is 6.34. The van der Waals surface area contributed by atoms with Crippen LogP contribution in [-0.4, -0.2) is 150 Å². The highest BCUT2D eigenvalue weighted by atomic mass is 35.5. The average molecular weight is 1090 g/mol. The number of nitrogens with zero attached hydrogens (tertiary/aromatic N) is 4. The molecule has 20 heteroatoms. The van der Waals surface area contributed by atoms with Crippen LogP contribution in [0.15, 0.2) is 66.3 Å². The van der Waals surface area contributed by atoms with Gasteiger partial charge in [-0.15, -0.1) is 0 Å². The fourth-order valence-corrected chi connectivity index (χ4v) is 10.5. The molecule has 0 spiro atoms. The van der Waals surface area contributed by atoms with E-state index in [1.54, 1.807) is 40.0 Å². The number of aromatic nitrogens is 1. The van der Waals surface area contributed by atoms with Crippen LogP contribution in [0.4, 0.5) is 10.5 Å². The molecule has 0 aliphatic carbocycles. The van der Waals surface area contributed by atoms with Gasteiger partial charge in [0, 0.05) is 77.6 Å². The number of rotatable bonds is 20. The van der Waals surface area contributed by atoms with Gasteiger partial charge in [0.15, 0.2) is 11.5 Å². The van der Waals surface area contributed by atoms with Crippen LogP contribution in [0.3, 0.4) is 0 Å². The summed E-state index contributed by atoms with van der Waals surface area (Å²) >= 11 is 6.84. The summed E-state index contributed by atoms with van der Waals surface area (Å²) in [6.45, 7) is 9.33. The van der Waals surface area contributed by atoms with Crippen molar-refractivity contribution in [3.05, 3.63) is 88.1 Å². The first-order chi connectivity index (χ1) is 36.0. The molecule has 3 aromatic rings. The van der Waals surface area contributed by atoms with Gasteiger partial charge in [0.25, 0.3) is 0 Å². The first kappa shape index (κ1) is 62.2. The Kier molecular flexibility index (Phi) is 22.0. The number of esters is 1. The highest BCUT2D eigenvalue weighted by Crippen LogP contribution is 2.49. The lowest BCUT2D eigenvalue weighted by Crippen LogP contribution is -2.63.